The molecule has 156 valence electrons. The first kappa shape index (κ1) is 20.1. The average molecular weight is 421 g/mol. The number of para-hydroxylation sites is 1. The Bertz CT molecular complexity index is 1330. The number of aryl methyl sites for hydroxylation is 1. The van der Waals surface area contributed by atoms with E-state index in [4.69, 9.17) is 5.73 Å². The van der Waals surface area contributed by atoms with Gasteiger partial charge in [0.2, 0.25) is 5.91 Å². The summed E-state index contributed by atoms with van der Waals surface area (Å²) < 4.78 is 28.0. The number of nitrogens with zero attached hydrogens (tertiary/aromatic N) is 3. The summed E-state index contributed by atoms with van der Waals surface area (Å²) in [6.07, 6.45) is 1.57. The highest BCUT2D eigenvalue weighted by Gasteiger charge is 2.17. The number of carbonyl (C=O) groups excluding carboxylic acids is 2. The van der Waals surface area contributed by atoms with Gasteiger partial charge in [0.15, 0.2) is 11.6 Å². The smallest absolute Gasteiger partial charge is 0.274 e. The summed E-state index contributed by atoms with van der Waals surface area (Å²) in [5.74, 6) is -3.07. The van der Waals surface area contributed by atoms with E-state index < -0.39 is 23.4 Å². The van der Waals surface area contributed by atoms with Crippen LogP contribution in [0.5, 0.6) is 0 Å². The lowest BCUT2D eigenvalue weighted by Gasteiger charge is -2.08. The second kappa shape index (κ2) is 7.94. The summed E-state index contributed by atoms with van der Waals surface area (Å²) in [6, 6.07) is 11.8. The van der Waals surface area contributed by atoms with E-state index in [1.165, 1.54) is 16.8 Å². The minimum atomic E-state index is -0.942. The molecule has 0 radical (unpaired) electrons. The van der Waals surface area contributed by atoms with E-state index in [1.54, 1.807) is 37.4 Å². The summed E-state index contributed by atoms with van der Waals surface area (Å²) in [5, 5.41) is 7.56. The molecule has 4 aromatic rings. The fraction of sp³-hybridized carbons (Fsp3) is 0.0909. The van der Waals surface area contributed by atoms with Gasteiger partial charge in [-0.05, 0) is 36.8 Å². The number of primary amides is 1. The first-order valence-corrected chi connectivity index (χ1v) is 9.31. The van der Waals surface area contributed by atoms with Crippen LogP contribution in [0.15, 0.2) is 54.7 Å². The molecule has 31 heavy (non-hydrogen) atoms. The number of carbonyl (C=O) groups is 2. The van der Waals surface area contributed by atoms with Gasteiger partial charge in [-0.25, -0.2) is 13.8 Å². The molecule has 0 atom stereocenters. The molecule has 7 nitrogen and oxygen atoms in total. The van der Waals surface area contributed by atoms with Crippen molar-refractivity contribution in [2.24, 2.45) is 5.73 Å². The lowest BCUT2D eigenvalue weighted by atomic mass is 10.1. The maximum Gasteiger partial charge on any atom is 0.274 e. The predicted molar refractivity (Wildman–Crippen MR) is 111 cm³/mol. The number of rotatable bonds is 5. The van der Waals surface area contributed by atoms with Crippen molar-refractivity contribution in [2.75, 3.05) is 5.32 Å². The highest BCUT2D eigenvalue weighted by atomic mass is 19.2. The Morgan fingerprint density at radius 2 is 1.87 bits per heavy atom. The molecule has 0 fully saturated rings. The third-order valence-corrected chi connectivity index (χ3v) is 4.74. The molecule has 0 aliphatic rings. The van der Waals surface area contributed by atoms with Gasteiger partial charge in [-0.1, -0.05) is 24.3 Å². The Labute approximate surface area is 175 Å². The van der Waals surface area contributed by atoms with Crippen LogP contribution in [-0.2, 0) is 6.54 Å². The number of aromatic nitrogens is 3. The maximum absolute atomic E-state index is 13.4. The van der Waals surface area contributed by atoms with Crippen LogP contribution < -0.4 is 11.1 Å². The predicted octanol–water partition coefficient (Wildman–Crippen LogP) is 3.42. The third kappa shape index (κ3) is 4.11. The van der Waals surface area contributed by atoms with Gasteiger partial charge in [0, 0.05) is 11.6 Å². The monoisotopic (exact) mass is 421 g/mol. The lowest BCUT2D eigenvalue weighted by molar-refractivity contribution is 0.100. The number of halogens is 2. The second-order valence-corrected chi connectivity index (χ2v) is 6.96. The molecule has 0 aliphatic heterocycles. The minimum absolute atomic E-state index is 0.0280. The molecule has 0 spiro atoms. The summed E-state index contributed by atoms with van der Waals surface area (Å²) in [6.45, 7) is 1.88. The fourth-order valence-electron chi connectivity index (χ4n) is 3.23. The molecular weight excluding hydrogens is 404 g/mol. The second-order valence-electron chi connectivity index (χ2n) is 6.96. The third-order valence-electron chi connectivity index (χ3n) is 4.74. The van der Waals surface area contributed by atoms with Crippen molar-refractivity contribution in [1.29, 1.82) is 0 Å². The van der Waals surface area contributed by atoms with E-state index in [2.05, 4.69) is 15.4 Å². The molecule has 9 heteroatoms. The van der Waals surface area contributed by atoms with Gasteiger partial charge in [-0.15, -0.1) is 0 Å². The van der Waals surface area contributed by atoms with Gasteiger partial charge in [0.25, 0.3) is 5.91 Å². The molecule has 0 saturated heterocycles. The molecule has 0 unspecified atom stereocenters. The van der Waals surface area contributed by atoms with Crippen LogP contribution in [0.4, 0.5) is 14.5 Å². The average Bonchev–Trinajstić information content (AvgIpc) is 3.08. The van der Waals surface area contributed by atoms with Crippen molar-refractivity contribution in [2.45, 2.75) is 13.5 Å². The van der Waals surface area contributed by atoms with Gasteiger partial charge in [0.1, 0.15) is 5.69 Å². The molecule has 2 aromatic heterocycles. The van der Waals surface area contributed by atoms with E-state index in [0.717, 1.165) is 12.1 Å². The van der Waals surface area contributed by atoms with Gasteiger partial charge in [0.05, 0.1) is 29.0 Å². The number of nitrogens with two attached hydrogens (primary N) is 1. The zero-order valence-corrected chi connectivity index (χ0v) is 16.4. The number of amides is 2. The molecule has 0 aliphatic carbocycles. The van der Waals surface area contributed by atoms with E-state index in [0.29, 0.717) is 27.8 Å². The molecule has 2 heterocycles. The Kier molecular flexibility index (Phi) is 5.16. The highest BCUT2D eigenvalue weighted by Crippen LogP contribution is 2.20. The van der Waals surface area contributed by atoms with Crippen molar-refractivity contribution in [3.63, 3.8) is 0 Å². The van der Waals surface area contributed by atoms with Crippen molar-refractivity contribution in [3.8, 4) is 0 Å². The van der Waals surface area contributed by atoms with Crippen LogP contribution in [-0.4, -0.2) is 26.6 Å². The van der Waals surface area contributed by atoms with Gasteiger partial charge >= 0.3 is 0 Å². The first-order valence-electron chi connectivity index (χ1n) is 9.31. The maximum atomic E-state index is 13.4. The summed E-state index contributed by atoms with van der Waals surface area (Å²) >= 11 is 0. The van der Waals surface area contributed by atoms with Crippen LogP contribution in [0.2, 0.25) is 0 Å². The Morgan fingerprint density at radius 1 is 1.10 bits per heavy atom. The molecule has 2 amide bonds. The zero-order valence-electron chi connectivity index (χ0n) is 16.4. The topological polar surface area (TPSA) is 103 Å². The summed E-state index contributed by atoms with van der Waals surface area (Å²) in [4.78, 5) is 28.9. The van der Waals surface area contributed by atoms with Crippen molar-refractivity contribution in [1.82, 2.24) is 14.8 Å². The van der Waals surface area contributed by atoms with E-state index >= 15 is 0 Å². The highest BCUT2D eigenvalue weighted by molar-refractivity contribution is 6.10. The lowest BCUT2D eigenvalue weighted by Crippen LogP contribution is -2.17. The normalized spacial score (nSPS) is 10.9. The summed E-state index contributed by atoms with van der Waals surface area (Å²) in [5.41, 5.74) is 7.61. The van der Waals surface area contributed by atoms with Crippen LogP contribution in [0.1, 0.15) is 32.1 Å². The first-order chi connectivity index (χ1) is 14.8. The SMILES string of the molecule is Cc1nn(Cc2ccc(F)c(F)c2)cc1NC(=O)c1cc(C(N)=O)c2ccccc2n1. The number of pyridine rings is 1. The summed E-state index contributed by atoms with van der Waals surface area (Å²) in [7, 11) is 0. The number of anilines is 1. The largest absolute Gasteiger partial charge is 0.366 e. The van der Waals surface area contributed by atoms with Gasteiger partial charge in [-0.2, -0.15) is 5.10 Å². The van der Waals surface area contributed by atoms with E-state index in [-0.39, 0.29) is 17.8 Å². The molecule has 0 bridgehead atoms. The van der Waals surface area contributed by atoms with Crippen LogP contribution in [0.25, 0.3) is 10.9 Å². The Balaban J connectivity index is 1.59. The Hall–Kier alpha value is -4.14. The number of fused-ring (bicyclic) bond motifs is 1. The number of benzene rings is 2. The van der Waals surface area contributed by atoms with Crippen LogP contribution >= 0.6 is 0 Å². The van der Waals surface area contributed by atoms with Gasteiger partial charge in [-0.3, -0.25) is 14.3 Å². The molecule has 3 N–H and O–H groups in total. The van der Waals surface area contributed by atoms with Crippen LogP contribution in [0.3, 0.4) is 0 Å². The molecule has 0 saturated carbocycles. The zero-order chi connectivity index (χ0) is 22.1. The van der Waals surface area contributed by atoms with Crippen molar-refractivity contribution >= 4 is 28.4 Å². The number of hydrogen-bond donors (Lipinski definition) is 2. The molecule has 2 aromatic carbocycles. The Morgan fingerprint density at radius 3 is 2.61 bits per heavy atom. The molecule has 4 rings (SSSR count). The van der Waals surface area contributed by atoms with E-state index in [9.17, 15) is 18.4 Å². The number of hydrogen-bond acceptors (Lipinski definition) is 4. The van der Waals surface area contributed by atoms with Crippen molar-refractivity contribution in [3.05, 3.63) is 88.9 Å². The minimum Gasteiger partial charge on any atom is -0.366 e. The van der Waals surface area contributed by atoms with Crippen LogP contribution in [0, 0.1) is 18.6 Å². The van der Waals surface area contributed by atoms with Gasteiger partial charge < -0.3 is 11.1 Å². The fourth-order valence-corrected chi connectivity index (χ4v) is 3.23. The molecular formula is C22H17F2N5O2. The number of nitrogens with one attached hydrogen (secondary N) is 1. The standard InChI is InChI=1S/C22H17F2N5O2/c1-12-20(11-29(28-12)10-13-6-7-16(23)17(24)8-13)27-22(31)19-9-15(21(25)30)14-4-2-3-5-18(14)26-19/h2-9,11H,10H2,1H3,(H2,25,30)(H,27,31). The van der Waals surface area contributed by atoms with Crippen molar-refractivity contribution < 1.29 is 18.4 Å². The van der Waals surface area contributed by atoms with E-state index in [1.807, 2.05) is 0 Å². The quantitative estimate of drug-likeness (QED) is 0.515.